The van der Waals surface area contributed by atoms with Gasteiger partial charge in [-0.15, -0.1) is 0 Å². The number of hydrogen-bond donors (Lipinski definition) is 0. The normalized spacial score (nSPS) is 19.2. The molecule has 0 aliphatic carbocycles. The lowest BCUT2D eigenvalue weighted by molar-refractivity contribution is -0.129. The number of amides is 2. The number of rotatable bonds is 2. The zero-order chi connectivity index (χ0) is 18.0. The van der Waals surface area contributed by atoms with Crippen LogP contribution in [0.3, 0.4) is 0 Å². The van der Waals surface area contributed by atoms with E-state index in [1.54, 1.807) is 13.0 Å². The van der Waals surface area contributed by atoms with Crippen LogP contribution in [0.2, 0.25) is 0 Å². The second kappa shape index (κ2) is 7.37. The van der Waals surface area contributed by atoms with Gasteiger partial charge >= 0.3 is 0 Å². The van der Waals surface area contributed by atoms with Gasteiger partial charge in [-0.2, -0.15) is 0 Å². The Morgan fingerprint density at radius 2 is 1.64 bits per heavy atom. The molecule has 0 spiro atoms. The molecule has 0 atom stereocenters. The van der Waals surface area contributed by atoms with Gasteiger partial charge in [-0.1, -0.05) is 6.92 Å². The fourth-order valence-corrected chi connectivity index (χ4v) is 3.45. The van der Waals surface area contributed by atoms with Gasteiger partial charge in [0.15, 0.2) is 0 Å². The Morgan fingerprint density at radius 3 is 2.24 bits per heavy atom. The lowest BCUT2D eigenvalue weighted by Gasteiger charge is -2.35. The molecule has 2 fully saturated rings. The average molecular weight is 345 g/mol. The van der Waals surface area contributed by atoms with E-state index in [4.69, 9.17) is 0 Å². The highest BCUT2D eigenvalue weighted by molar-refractivity contribution is 5.93. The Bertz CT molecular complexity index is 647. The lowest BCUT2D eigenvalue weighted by Crippen LogP contribution is -2.48. The summed E-state index contributed by atoms with van der Waals surface area (Å²) in [5.41, 5.74) is 0.478. The number of likely N-dealkylation sites (tertiary alicyclic amines) is 1. The SMILES string of the molecule is CC(=O)N1CCN(c2cc(C(=O)N3CCC(C)CC3)nc(C)n2)CC1. The molecule has 0 radical (unpaired) electrons. The number of carbonyl (C=O) groups excluding carboxylic acids is 2. The van der Waals surface area contributed by atoms with E-state index in [0.29, 0.717) is 30.5 Å². The Kier molecular flexibility index (Phi) is 5.20. The number of hydrogen-bond acceptors (Lipinski definition) is 5. The first-order valence-electron chi connectivity index (χ1n) is 9.09. The topological polar surface area (TPSA) is 69.6 Å². The monoisotopic (exact) mass is 345 g/mol. The van der Waals surface area contributed by atoms with E-state index < -0.39 is 0 Å². The molecule has 2 aliphatic rings. The molecule has 2 saturated heterocycles. The highest BCUT2D eigenvalue weighted by atomic mass is 16.2. The van der Waals surface area contributed by atoms with E-state index in [2.05, 4.69) is 21.8 Å². The molecule has 7 heteroatoms. The molecule has 3 rings (SSSR count). The van der Waals surface area contributed by atoms with Gasteiger partial charge in [-0.3, -0.25) is 9.59 Å². The van der Waals surface area contributed by atoms with Gasteiger partial charge < -0.3 is 14.7 Å². The lowest BCUT2D eigenvalue weighted by atomic mass is 9.99. The van der Waals surface area contributed by atoms with Crippen LogP contribution in [-0.2, 0) is 4.79 Å². The van der Waals surface area contributed by atoms with Crippen LogP contribution in [0.4, 0.5) is 5.82 Å². The van der Waals surface area contributed by atoms with E-state index in [1.807, 2.05) is 16.7 Å². The summed E-state index contributed by atoms with van der Waals surface area (Å²) in [6, 6.07) is 1.80. The van der Waals surface area contributed by atoms with Crippen LogP contribution in [0.25, 0.3) is 0 Å². The van der Waals surface area contributed by atoms with Gasteiger partial charge in [0.2, 0.25) is 5.91 Å². The Balaban J connectivity index is 1.72. The summed E-state index contributed by atoms with van der Waals surface area (Å²) >= 11 is 0. The average Bonchev–Trinajstić information content (AvgIpc) is 2.61. The summed E-state index contributed by atoms with van der Waals surface area (Å²) < 4.78 is 0. The third-order valence-electron chi connectivity index (χ3n) is 5.16. The Morgan fingerprint density at radius 1 is 1.00 bits per heavy atom. The standard InChI is InChI=1S/C18H27N5O2/c1-13-4-6-23(7-5-13)18(25)16-12-17(20-14(2)19-16)22-10-8-21(9-11-22)15(3)24/h12-13H,4-11H2,1-3H3. The van der Waals surface area contributed by atoms with Crippen LogP contribution in [0.1, 0.15) is 43.0 Å². The molecule has 0 bridgehead atoms. The van der Waals surface area contributed by atoms with Crippen molar-refractivity contribution in [3.8, 4) is 0 Å². The number of aromatic nitrogens is 2. The molecule has 3 heterocycles. The minimum absolute atomic E-state index is 0.000946. The summed E-state index contributed by atoms with van der Waals surface area (Å²) in [6.07, 6.45) is 2.10. The molecule has 25 heavy (non-hydrogen) atoms. The molecular formula is C18H27N5O2. The number of piperazine rings is 1. The second-order valence-corrected chi connectivity index (χ2v) is 7.13. The Labute approximate surface area is 149 Å². The van der Waals surface area contributed by atoms with Crippen molar-refractivity contribution in [3.05, 3.63) is 17.6 Å². The van der Waals surface area contributed by atoms with Gasteiger partial charge in [0.1, 0.15) is 17.3 Å². The molecule has 0 unspecified atom stereocenters. The van der Waals surface area contributed by atoms with E-state index in [9.17, 15) is 9.59 Å². The molecule has 0 saturated carbocycles. The van der Waals surface area contributed by atoms with Gasteiger partial charge in [0.05, 0.1) is 0 Å². The van der Waals surface area contributed by atoms with Crippen LogP contribution in [-0.4, -0.2) is 70.9 Å². The number of carbonyl (C=O) groups is 2. The van der Waals surface area contributed by atoms with E-state index >= 15 is 0 Å². The summed E-state index contributed by atoms with van der Waals surface area (Å²) in [5, 5.41) is 0. The minimum Gasteiger partial charge on any atom is -0.353 e. The van der Waals surface area contributed by atoms with Gasteiger partial charge in [-0.25, -0.2) is 9.97 Å². The molecule has 0 aromatic carbocycles. The highest BCUT2D eigenvalue weighted by Gasteiger charge is 2.25. The number of aryl methyl sites for hydroxylation is 1. The molecule has 7 nitrogen and oxygen atoms in total. The number of anilines is 1. The predicted molar refractivity (Wildman–Crippen MR) is 95.5 cm³/mol. The van der Waals surface area contributed by atoms with Crippen molar-refractivity contribution in [3.63, 3.8) is 0 Å². The second-order valence-electron chi connectivity index (χ2n) is 7.13. The first-order chi connectivity index (χ1) is 11.9. The molecule has 2 aliphatic heterocycles. The van der Waals surface area contributed by atoms with E-state index in [-0.39, 0.29) is 11.8 Å². The fraction of sp³-hybridized carbons (Fsp3) is 0.667. The van der Waals surface area contributed by atoms with Crippen molar-refractivity contribution < 1.29 is 9.59 Å². The smallest absolute Gasteiger partial charge is 0.272 e. The maximum Gasteiger partial charge on any atom is 0.272 e. The van der Waals surface area contributed by atoms with Crippen LogP contribution in [0.15, 0.2) is 6.07 Å². The summed E-state index contributed by atoms with van der Waals surface area (Å²) in [4.78, 5) is 39.0. The zero-order valence-electron chi connectivity index (χ0n) is 15.4. The van der Waals surface area contributed by atoms with Crippen LogP contribution < -0.4 is 4.90 Å². The highest BCUT2D eigenvalue weighted by Crippen LogP contribution is 2.20. The Hall–Kier alpha value is -2.18. The van der Waals surface area contributed by atoms with Crippen molar-refractivity contribution in [2.45, 2.75) is 33.6 Å². The van der Waals surface area contributed by atoms with E-state index in [1.165, 1.54) is 0 Å². The fourth-order valence-electron chi connectivity index (χ4n) is 3.45. The van der Waals surface area contributed by atoms with E-state index in [0.717, 1.165) is 44.8 Å². The molecule has 1 aromatic heterocycles. The van der Waals surface area contributed by atoms with Gasteiger partial charge in [-0.05, 0) is 25.7 Å². The predicted octanol–water partition coefficient (Wildman–Crippen LogP) is 1.33. The van der Waals surface area contributed by atoms with Crippen molar-refractivity contribution in [1.29, 1.82) is 0 Å². The van der Waals surface area contributed by atoms with Crippen molar-refractivity contribution >= 4 is 17.6 Å². The molecule has 0 N–H and O–H groups in total. The first-order valence-corrected chi connectivity index (χ1v) is 9.09. The first kappa shape index (κ1) is 17.6. The third kappa shape index (κ3) is 4.08. The van der Waals surface area contributed by atoms with Gasteiger partial charge in [0.25, 0.3) is 5.91 Å². The van der Waals surface area contributed by atoms with Gasteiger partial charge in [0, 0.05) is 52.3 Å². The molecule has 136 valence electrons. The van der Waals surface area contributed by atoms with Crippen molar-refractivity contribution in [2.24, 2.45) is 5.92 Å². The van der Waals surface area contributed by atoms with Crippen LogP contribution in [0.5, 0.6) is 0 Å². The number of piperidine rings is 1. The molecule has 1 aromatic rings. The quantitative estimate of drug-likeness (QED) is 0.809. The summed E-state index contributed by atoms with van der Waals surface area (Å²) in [7, 11) is 0. The summed E-state index contributed by atoms with van der Waals surface area (Å²) in [6.45, 7) is 10.1. The van der Waals surface area contributed by atoms with Crippen molar-refractivity contribution in [2.75, 3.05) is 44.2 Å². The molecular weight excluding hydrogens is 318 g/mol. The third-order valence-corrected chi connectivity index (χ3v) is 5.16. The van der Waals surface area contributed by atoms with Crippen LogP contribution in [0, 0.1) is 12.8 Å². The summed E-state index contributed by atoms with van der Waals surface area (Å²) in [5.74, 6) is 2.18. The maximum atomic E-state index is 12.8. The van der Waals surface area contributed by atoms with Crippen LogP contribution >= 0.6 is 0 Å². The minimum atomic E-state index is 0.000946. The largest absolute Gasteiger partial charge is 0.353 e. The number of nitrogens with zero attached hydrogens (tertiary/aromatic N) is 5. The maximum absolute atomic E-state index is 12.8. The zero-order valence-corrected chi connectivity index (χ0v) is 15.4. The van der Waals surface area contributed by atoms with Crippen molar-refractivity contribution in [1.82, 2.24) is 19.8 Å². The molecule has 2 amide bonds.